The highest BCUT2D eigenvalue weighted by atomic mass is 32.2. The van der Waals surface area contributed by atoms with Gasteiger partial charge < -0.3 is 5.32 Å². The molecule has 0 saturated carbocycles. The molecule has 0 unspecified atom stereocenters. The van der Waals surface area contributed by atoms with Crippen molar-refractivity contribution in [2.24, 2.45) is 0 Å². The SMILES string of the molecule is CSc1ccc(CNCCS)cc1. The lowest BCUT2D eigenvalue weighted by Crippen LogP contribution is -2.15. The Balaban J connectivity index is 2.40. The molecule has 0 saturated heterocycles. The van der Waals surface area contributed by atoms with Gasteiger partial charge in [0.1, 0.15) is 0 Å². The van der Waals surface area contributed by atoms with Gasteiger partial charge in [0.05, 0.1) is 0 Å². The van der Waals surface area contributed by atoms with E-state index in [1.807, 2.05) is 0 Å². The van der Waals surface area contributed by atoms with E-state index in [0.717, 1.165) is 18.8 Å². The Morgan fingerprint density at radius 3 is 2.54 bits per heavy atom. The molecule has 0 aliphatic heterocycles. The van der Waals surface area contributed by atoms with Crippen molar-refractivity contribution in [3.63, 3.8) is 0 Å². The average Bonchev–Trinajstić information content (AvgIpc) is 2.19. The van der Waals surface area contributed by atoms with Gasteiger partial charge in [0.25, 0.3) is 0 Å². The number of benzene rings is 1. The monoisotopic (exact) mass is 213 g/mol. The van der Waals surface area contributed by atoms with Gasteiger partial charge in [-0.3, -0.25) is 0 Å². The Labute approximate surface area is 89.7 Å². The van der Waals surface area contributed by atoms with Gasteiger partial charge in [0.2, 0.25) is 0 Å². The first-order valence-electron chi connectivity index (χ1n) is 4.31. The van der Waals surface area contributed by atoms with Crippen molar-refractivity contribution in [2.45, 2.75) is 11.4 Å². The van der Waals surface area contributed by atoms with E-state index in [4.69, 9.17) is 0 Å². The third kappa shape index (κ3) is 4.07. The van der Waals surface area contributed by atoms with Crippen molar-refractivity contribution >= 4 is 24.4 Å². The van der Waals surface area contributed by atoms with Crippen LogP contribution >= 0.6 is 24.4 Å². The molecule has 1 aromatic carbocycles. The molecule has 13 heavy (non-hydrogen) atoms. The van der Waals surface area contributed by atoms with Gasteiger partial charge in [0.15, 0.2) is 0 Å². The second-order valence-electron chi connectivity index (χ2n) is 2.75. The van der Waals surface area contributed by atoms with Crippen molar-refractivity contribution in [2.75, 3.05) is 18.6 Å². The summed E-state index contributed by atoms with van der Waals surface area (Å²) in [5.41, 5.74) is 1.33. The zero-order valence-electron chi connectivity index (χ0n) is 7.79. The maximum Gasteiger partial charge on any atom is 0.0205 e. The molecule has 1 rings (SSSR count). The first kappa shape index (κ1) is 11.0. The van der Waals surface area contributed by atoms with Crippen LogP contribution in [0.15, 0.2) is 29.2 Å². The number of hydrogen-bond acceptors (Lipinski definition) is 3. The molecule has 0 radical (unpaired) electrons. The fourth-order valence-corrected chi connectivity index (χ4v) is 1.62. The Morgan fingerprint density at radius 1 is 1.31 bits per heavy atom. The van der Waals surface area contributed by atoms with Crippen molar-refractivity contribution in [1.29, 1.82) is 0 Å². The number of thiol groups is 1. The highest BCUT2D eigenvalue weighted by molar-refractivity contribution is 7.98. The summed E-state index contributed by atoms with van der Waals surface area (Å²) in [4.78, 5) is 1.32. The molecule has 0 spiro atoms. The lowest BCUT2D eigenvalue weighted by atomic mass is 10.2. The lowest BCUT2D eigenvalue weighted by Gasteiger charge is -2.03. The number of nitrogens with one attached hydrogen (secondary N) is 1. The zero-order valence-corrected chi connectivity index (χ0v) is 9.50. The molecular formula is C10H15NS2. The van der Waals surface area contributed by atoms with Gasteiger partial charge in [-0.25, -0.2) is 0 Å². The van der Waals surface area contributed by atoms with Gasteiger partial charge in [-0.1, -0.05) is 12.1 Å². The minimum Gasteiger partial charge on any atom is -0.312 e. The molecule has 3 heteroatoms. The topological polar surface area (TPSA) is 12.0 Å². The van der Waals surface area contributed by atoms with Crippen molar-refractivity contribution in [1.82, 2.24) is 5.32 Å². The van der Waals surface area contributed by atoms with E-state index in [9.17, 15) is 0 Å². The molecule has 1 aromatic rings. The number of hydrogen-bond donors (Lipinski definition) is 2. The summed E-state index contributed by atoms with van der Waals surface area (Å²) < 4.78 is 0. The summed E-state index contributed by atoms with van der Waals surface area (Å²) in [6, 6.07) is 8.64. The molecule has 0 heterocycles. The average molecular weight is 213 g/mol. The fraction of sp³-hybridized carbons (Fsp3) is 0.400. The van der Waals surface area contributed by atoms with Crippen LogP contribution in [0.25, 0.3) is 0 Å². The molecule has 0 aliphatic carbocycles. The van der Waals surface area contributed by atoms with Crippen LogP contribution in [0.1, 0.15) is 5.56 Å². The van der Waals surface area contributed by atoms with Crippen LogP contribution in [-0.4, -0.2) is 18.6 Å². The first-order chi connectivity index (χ1) is 6.36. The zero-order chi connectivity index (χ0) is 9.52. The molecule has 0 fully saturated rings. The van der Waals surface area contributed by atoms with Crippen LogP contribution in [0, 0.1) is 0 Å². The van der Waals surface area contributed by atoms with E-state index in [1.54, 1.807) is 11.8 Å². The van der Waals surface area contributed by atoms with E-state index >= 15 is 0 Å². The third-order valence-electron chi connectivity index (χ3n) is 1.78. The second-order valence-corrected chi connectivity index (χ2v) is 4.08. The molecule has 0 amide bonds. The van der Waals surface area contributed by atoms with Crippen LogP contribution in [0.4, 0.5) is 0 Å². The van der Waals surface area contributed by atoms with E-state index in [-0.39, 0.29) is 0 Å². The summed E-state index contributed by atoms with van der Waals surface area (Å²) in [5, 5.41) is 3.31. The molecule has 72 valence electrons. The Morgan fingerprint density at radius 2 is 2.00 bits per heavy atom. The smallest absolute Gasteiger partial charge is 0.0205 e. The Kier molecular flexibility index (Phi) is 5.35. The van der Waals surface area contributed by atoms with E-state index < -0.39 is 0 Å². The van der Waals surface area contributed by atoms with Crippen LogP contribution in [0.5, 0.6) is 0 Å². The summed E-state index contributed by atoms with van der Waals surface area (Å²) in [6.07, 6.45) is 2.09. The highest BCUT2D eigenvalue weighted by Crippen LogP contribution is 2.14. The third-order valence-corrected chi connectivity index (χ3v) is 2.74. The van der Waals surface area contributed by atoms with Crippen molar-refractivity contribution in [3.8, 4) is 0 Å². The van der Waals surface area contributed by atoms with E-state index in [2.05, 4.69) is 48.5 Å². The van der Waals surface area contributed by atoms with Crippen LogP contribution in [0.2, 0.25) is 0 Å². The number of thioether (sulfide) groups is 1. The van der Waals surface area contributed by atoms with Crippen LogP contribution in [0.3, 0.4) is 0 Å². The fourth-order valence-electron chi connectivity index (χ4n) is 1.06. The molecule has 0 atom stereocenters. The number of rotatable bonds is 5. The van der Waals surface area contributed by atoms with Gasteiger partial charge in [-0.05, 0) is 24.0 Å². The lowest BCUT2D eigenvalue weighted by molar-refractivity contribution is 0.732. The molecule has 0 aliphatic rings. The summed E-state index contributed by atoms with van der Waals surface area (Å²) >= 11 is 5.91. The molecule has 1 N–H and O–H groups in total. The molecule has 0 bridgehead atoms. The Hall–Kier alpha value is -0.120. The molecule has 0 aromatic heterocycles. The van der Waals surface area contributed by atoms with Gasteiger partial charge >= 0.3 is 0 Å². The van der Waals surface area contributed by atoms with E-state index in [1.165, 1.54) is 10.5 Å². The van der Waals surface area contributed by atoms with Gasteiger partial charge in [-0.2, -0.15) is 12.6 Å². The summed E-state index contributed by atoms with van der Waals surface area (Å²) in [6.45, 7) is 1.91. The highest BCUT2D eigenvalue weighted by Gasteiger charge is 1.92. The minimum absolute atomic E-state index is 0.892. The predicted molar refractivity (Wildman–Crippen MR) is 63.8 cm³/mol. The van der Waals surface area contributed by atoms with Crippen molar-refractivity contribution in [3.05, 3.63) is 29.8 Å². The molecule has 1 nitrogen and oxygen atoms in total. The standard InChI is InChI=1S/C10H15NS2/c1-13-10-4-2-9(3-5-10)8-11-6-7-12/h2-5,11-12H,6-8H2,1H3. The molecular weight excluding hydrogens is 198 g/mol. The second kappa shape index (κ2) is 6.35. The maximum absolute atomic E-state index is 4.13. The van der Waals surface area contributed by atoms with Gasteiger partial charge in [-0.15, -0.1) is 11.8 Å². The quantitative estimate of drug-likeness (QED) is 0.443. The first-order valence-corrected chi connectivity index (χ1v) is 6.17. The summed E-state index contributed by atoms with van der Waals surface area (Å²) in [7, 11) is 0. The largest absolute Gasteiger partial charge is 0.312 e. The van der Waals surface area contributed by atoms with Crippen molar-refractivity contribution < 1.29 is 0 Å². The van der Waals surface area contributed by atoms with E-state index in [0.29, 0.717) is 0 Å². The maximum atomic E-state index is 4.13. The minimum atomic E-state index is 0.892. The van der Waals surface area contributed by atoms with Crippen LogP contribution in [-0.2, 0) is 6.54 Å². The van der Waals surface area contributed by atoms with Crippen LogP contribution < -0.4 is 5.32 Å². The normalized spacial score (nSPS) is 10.3. The van der Waals surface area contributed by atoms with Gasteiger partial charge in [0, 0.05) is 23.7 Å². The predicted octanol–water partition coefficient (Wildman–Crippen LogP) is 2.43. The summed E-state index contributed by atoms with van der Waals surface area (Å²) in [5.74, 6) is 0.892. The Bertz CT molecular complexity index is 233.